The molecule has 2 amide bonds. The summed E-state index contributed by atoms with van der Waals surface area (Å²) in [6.07, 6.45) is -3.36. The molecule has 1 N–H and O–H groups in total. The first-order valence-corrected chi connectivity index (χ1v) is 13.8. The van der Waals surface area contributed by atoms with E-state index in [1.807, 2.05) is 12.1 Å². The molecule has 7 nitrogen and oxygen atoms in total. The predicted octanol–water partition coefficient (Wildman–Crippen LogP) is 4.99. The molecule has 1 fully saturated rings. The summed E-state index contributed by atoms with van der Waals surface area (Å²) in [5.74, 6) is -0.628. The van der Waals surface area contributed by atoms with Crippen LogP contribution in [-0.2, 0) is 38.9 Å². The SMILES string of the molecule is O=C(CN(c1cc(C(F)(F)F)ccc1Cl)S(=O)(=O)c1ccccc1)NCc1ccc(CN2CCCC2=O)cc1. The van der Waals surface area contributed by atoms with Gasteiger partial charge in [0.25, 0.3) is 10.0 Å². The zero-order valence-corrected chi connectivity index (χ0v) is 22.2. The molecule has 0 spiro atoms. The molecular weight excluding hydrogens is 555 g/mol. The van der Waals surface area contributed by atoms with E-state index in [1.54, 1.807) is 23.1 Å². The number of likely N-dealkylation sites (tertiary alicyclic amines) is 1. The van der Waals surface area contributed by atoms with E-state index in [2.05, 4.69) is 5.32 Å². The number of anilines is 1. The molecule has 0 aliphatic carbocycles. The molecule has 1 aliphatic rings. The normalized spacial score (nSPS) is 13.9. The first kappa shape index (κ1) is 28.4. The molecule has 12 heteroatoms. The Bertz CT molecular complexity index is 1450. The van der Waals surface area contributed by atoms with Crippen molar-refractivity contribution < 1.29 is 31.2 Å². The van der Waals surface area contributed by atoms with Gasteiger partial charge in [-0.3, -0.25) is 13.9 Å². The van der Waals surface area contributed by atoms with Crippen LogP contribution in [0.15, 0.2) is 77.7 Å². The molecule has 0 saturated carbocycles. The summed E-state index contributed by atoms with van der Waals surface area (Å²) in [6, 6.07) is 16.6. The summed E-state index contributed by atoms with van der Waals surface area (Å²) in [5, 5.41) is 2.35. The zero-order chi connectivity index (χ0) is 28.2. The molecule has 39 heavy (non-hydrogen) atoms. The van der Waals surface area contributed by atoms with Crippen LogP contribution >= 0.6 is 11.6 Å². The van der Waals surface area contributed by atoms with Crippen LogP contribution < -0.4 is 9.62 Å². The molecule has 1 saturated heterocycles. The number of alkyl halides is 3. The lowest BCUT2D eigenvalue weighted by atomic mass is 10.1. The lowest BCUT2D eigenvalue weighted by Crippen LogP contribution is -2.41. The standard InChI is InChI=1S/C27H25ClF3N3O4S/c28-23-13-12-21(27(29,30)31)15-24(23)34(39(37,38)22-5-2-1-3-6-22)18-25(35)32-16-19-8-10-20(11-9-19)17-33-14-4-7-26(33)36/h1-3,5-6,8-13,15H,4,7,14,16-18H2,(H,32,35). The number of halogens is 4. The quantitative estimate of drug-likeness (QED) is 0.387. The third-order valence-electron chi connectivity index (χ3n) is 6.22. The fraction of sp³-hybridized carbons (Fsp3) is 0.259. The van der Waals surface area contributed by atoms with E-state index in [-0.39, 0.29) is 22.4 Å². The lowest BCUT2D eigenvalue weighted by Gasteiger charge is -2.26. The van der Waals surface area contributed by atoms with Gasteiger partial charge < -0.3 is 10.2 Å². The van der Waals surface area contributed by atoms with E-state index in [9.17, 15) is 31.2 Å². The Morgan fingerprint density at radius 3 is 2.28 bits per heavy atom. The molecule has 0 atom stereocenters. The second-order valence-corrected chi connectivity index (χ2v) is 11.3. The van der Waals surface area contributed by atoms with Gasteiger partial charge in [0.05, 0.1) is 21.2 Å². The van der Waals surface area contributed by atoms with Gasteiger partial charge in [0.2, 0.25) is 11.8 Å². The van der Waals surface area contributed by atoms with Crippen molar-refractivity contribution in [3.05, 3.63) is 94.5 Å². The van der Waals surface area contributed by atoms with Crippen molar-refractivity contribution in [2.24, 2.45) is 0 Å². The predicted molar refractivity (Wildman–Crippen MR) is 140 cm³/mol. The Morgan fingerprint density at radius 2 is 1.67 bits per heavy atom. The highest BCUT2D eigenvalue weighted by Gasteiger charge is 2.34. The van der Waals surface area contributed by atoms with Crippen molar-refractivity contribution in [2.75, 3.05) is 17.4 Å². The Hall–Kier alpha value is -3.57. The highest BCUT2D eigenvalue weighted by molar-refractivity contribution is 7.92. The summed E-state index contributed by atoms with van der Waals surface area (Å²) in [6.45, 7) is 0.467. The van der Waals surface area contributed by atoms with Crippen molar-refractivity contribution in [1.82, 2.24) is 10.2 Å². The fourth-order valence-corrected chi connectivity index (χ4v) is 5.86. The molecule has 0 unspecified atom stereocenters. The van der Waals surface area contributed by atoms with Gasteiger partial charge in [0.15, 0.2) is 0 Å². The molecule has 1 heterocycles. The fourth-order valence-electron chi connectivity index (χ4n) is 4.14. The number of carbonyl (C=O) groups excluding carboxylic acids is 2. The minimum Gasteiger partial charge on any atom is -0.350 e. The smallest absolute Gasteiger partial charge is 0.350 e. The molecule has 0 aromatic heterocycles. The van der Waals surface area contributed by atoms with Gasteiger partial charge in [-0.05, 0) is 47.9 Å². The van der Waals surface area contributed by atoms with Crippen molar-refractivity contribution in [1.29, 1.82) is 0 Å². The molecule has 206 valence electrons. The number of nitrogens with zero attached hydrogens (tertiary/aromatic N) is 2. The van der Waals surface area contributed by atoms with Crippen molar-refractivity contribution in [3.8, 4) is 0 Å². The Kier molecular flexibility index (Phi) is 8.51. The molecule has 0 radical (unpaired) electrons. The molecule has 3 aromatic carbocycles. The number of sulfonamides is 1. The Balaban J connectivity index is 1.52. The number of hydrogen-bond acceptors (Lipinski definition) is 4. The first-order valence-electron chi connectivity index (χ1n) is 12.0. The maximum absolute atomic E-state index is 13.4. The van der Waals surface area contributed by atoms with Crippen molar-refractivity contribution in [2.45, 2.75) is 37.0 Å². The Labute approximate surface area is 229 Å². The molecule has 3 aromatic rings. The minimum atomic E-state index is -4.75. The van der Waals surface area contributed by atoms with Gasteiger partial charge in [-0.25, -0.2) is 8.42 Å². The van der Waals surface area contributed by atoms with Gasteiger partial charge in [-0.15, -0.1) is 0 Å². The number of nitrogens with one attached hydrogen (secondary N) is 1. The van der Waals surface area contributed by atoms with E-state index in [0.29, 0.717) is 23.3 Å². The lowest BCUT2D eigenvalue weighted by molar-refractivity contribution is -0.137. The van der Waals surface area contributed by atoms with Gasteiger partial charge >= 0.3 is 6.18 Å². The van der Waals surface area contributed by atoms with Gasteiger partial charge in [-0.1, -0.05) is 54.1 Å². The van der Waals surface area contributed by atoms with Crippen LogP contribution in [0.25, 0.3) is 0 Å². The number of rotatable bonds is 9. The summed E-state index contributed by atoms with van der Waals surface area (Å²) in [7, 11) is -4.45. The van der Waals surface area contributed by atoms with Crippen LogP contribution in [-0.4, -0.2) is 38.2 Å². The third-order valence-corrected chi connectivity index (χ3v) is 8.31. The van der Waals surface area contributed by atoms with E-state index in [1.165, 1.54) is 24.3 Å². The maximum atomic E-state index is 13.4. The topological polar surface area (TPSA) is 86.8 Å². The second kappa shape index (κ2) is 11.7. The molecule has 0 bridgehead atoms. The minimum absolute atomic E-state index is 0.0529. The second-order valence-electron chi connectivity index (χ2n) is 9.00. The van der Waals surface area contributed by atoms with Crippen LogP contribution in [0, 0.1) is 0 Å². The molecule has 4 rings (SSSR count). The first-order chi connectivity index (χ1) is 18.4. The van der Waals surface area contributed by atoms with Gasteiger partial charge in [0.1, 0.15) is 6.54 Å². The van der Waals surface area contributed by atoms with Crippen LogP contribution in [0.4, 0.5) is 18.9 Å². The van der Waals surface area contributed by atoms with Crippen LogP contribution in [0.1, 0.15) is 29.5 Å². The number of amides is 2. The number of benzene rings is 3. The Morgan fingerprint density at radius 1 is 1.00 bits per heavy atom. The highest BCUT2D eigenvalue weighted by atomic mass is 35.5. The largest absolute Gasteiger partial charge is 0.416 e. The molecule has 1 aliphatic heterocycles. The summed E-state index contributed by atoms with van der Waals surface area (Å²) >= 11 is 6.15. The van der Waals surface area contributed by atoms with Gasteiger partial charge in [0, 0.05) is 26.1 Å². The third kappa shape index (κ3) is 6.90. The summed E-state index contributed by atoms with van der Waals surface area (Å²) in [5.41, 5.74) is 0.0756. The monoisotopic (exact) mass is 579 g/mol. The van der Waals surface area contributed by atoms with E-state index in [0.717, 1.165) is 36.2 Å². The molecular formula is C27H25ClF3N3O4S. The summed E-state index contributed by atoms with van der Waals surface area (Å²) in [4.78, 5) is 26.3. The number of hydrogen-bond donors (Lipinski definition) is 1. The van der Waals surface area contributed by atoms with E-state index < -0.39 is 39.9 Å². The van der Waals surface area contributed by atoms with Crippen molar-refractivity contribution in [3.63, 3.8) is 0 Å². The average molecular weight is 580 g/mol. The summed E-state index contributed by atoms with van der Waals surface area (Å²) < 4.78 is 67.7. The zero-order valence-electron chi connectivity index (χ0n) is 20.6. The number of carbonyl (C=O) groups is 2. The highest BCUT2D eigenvalue weighted by Crippen LogP contribution is 2.37. The average Bonchev–Trinajstić information content (AvgIpc) is 3.31. The van der Waals surface area contributed by atoms with Gasteiger partial charge in [-0.2, -0.15) is 13.2 Å². The van der Waals surface area contributed by atoms with Crippen LogP contribution in [0.2, 0.25) is 5.02 Å². The van der Waals surface area contributed by atoms with E-state index in [4.69, 9.17) is 11.6 Å². The van der Waals surface area contributed by atoms with Crippen molar-refractivity contribution >= 4 is 39.1 Å². The van der Waals surface area contributed by atoms with Crippen LogP contribution in [0.5, 0.6) is 0 Å². The van der Waals surface area contributed by atoms with E-state index >= 15 is 0 Å². The van der Waals surface area contributed by atoms with Crippen LogP contribution in [0.3, 0.4) is 0 Å². The maximum Gasteiger partial charge on any atom is 0.416 e.